The van der Waals surface area contributed by atoms with Crippen molar-refractivity contribution in [2.24, 2.45) is 0 Å². The highest BCUT2D eigenvalue weighted by molar-refractivity contribution is 7.04. The molecule has 0 radical (unpaired) electrons. The summed E-state index contributed by atoms with van der Waals surface area (Å²) >= 11 is 0. The Kier molecular flexibility index (Phi) is 6.14. The Hall–Kier alpha value is -3.30. The Morgan fingerprint density at radius 3 is 1.32 bits per heavy atom. The molecule has 0 N–H and O–H groups in total. The fraction of sp³-hybridized carbons (Fsp3) is 0.368. The summed E-state index contributed by atoms with van der Waals surface area (Å²) in [5, 5.41) is 9.07. The minimum absolute atomic E-state index is 0.833. The normalized spacial score (nSPS) is 17.2. The van der Waals surface area contributed by atoms with Crippen molar-refractivity contribution < 1.29 is 0 Å². The molecule has 2 fully saturated rings. The van der Waals surface area contributed by atoms with E-state index in [-0.39, 0.29) is 0 Å². The van der Waals surface area contributed by atoms with Crippen LogP contribution in [0.2, 0.25) is 11.1 Å². The van der Waals surface area contributed by atoms with Gasteiger partial charge >= 0.3 is 0 Å². The van der Waals surface area contributed by atoms with Crippen molar-refractivity contribution in [2.75, 3.05) is 0 Å². The minimum atomic E-state index is -2.11. The molecule has 2 heterocycles. The van der Waals surface area contributed by atoms with Gasteiger partial charge in [-0.25, -0.2) is 0 Å². The van der Waals surface area contributed by atoms with Gasteiger partial charge in [0.25, 0.3) is 0 Å². The third-order valence-corrected chi connectivity index (χ3v) is 17.4. The maximum atomic E-state index is 2.70. The molecule has 208 valence electrons. The van der Waals surface area contributed by atoms with Crippen molar-refractivity contribution in [2.45, 2.75) is 89.4 Å². The van der Waals surface area contributed by atoms with Gasteiger partial charge in [-0.15, -0.1) is 0 Å². The van der Waals surface area contributed by atoms with E-state index in [4.69, 9.17) is 0 Å². The lowest BCUT2D eigenvalue weighted by molar-refractivity contribution is 0.766. The number of aryl methyl sites for hydroxylation is 2. The average molecular weight is 555 g/mol. The van der Waals surface area contributed by atoms with E-state index in [1.165, 1.54) is 95.0 Å². The van der Waals surface area contributed by atoms with Crippen LogP contribution in [0, 0.1) is 0 Å². The second-order valence-electron chi connectivity index (χ2n) is 12.8. The lowest BCUT2D eigenvalue weighted by Crippen LogP contribution is -2.64. The monoisotopic (exact) mass is 554 g/mol. The van der Waals surface area contributed by atoms with Gasteiger partial charge in [0.05, 0.1) is 0 Å². The van der Waals surface area contributed by atoms with E-state index >= 15 is 0 Å². The van der Waals surface area contributed by atoms with E-state index in [1.54, 1.807) is 10.4 Å². The van der Waals surface area contributed by atoms with Gasteiger partial charge in [0.15, 0.2) is 0 Å². The first kappa shape index (κ1) is 25.4. The van der Waals surface area contributed by atoms with E-state index in [1.807, 2.05) is 0 Å². The Bertz CT molecular complexity index is 1750. The van der Waals surface area contributed by atoms with Gasteiger partial charge in [0.1, 0.15) is 8.07 Å². The maximum absolute atomic E-state index is 2.70. The highest BCUT2D eigenvalue weighted by Gasteiger charge is 2.51. The molecule has 41 heavy (non-hydrogen) atoms. The molecule has 2 aromatic heterocycles. The van der Waals surface area contributed by atoms with Crippen molar-refractivity contribution in [1.29, 1.82) is 0 Å². The third kappa shape index (κ3) is 3.61. The molecule has 3 heteroatoms. The van der Waals surface area contributed by atoms with Gasteiger partial charge in [-0.05, 0) is 49.2 Å². The molecule has 2 nitrogen and oxygen atoms in total. The molecule has 0 spiro atoms. The number of nitrogens with zero attached hydrogens (tertiary/aromatic N) is 2. The summed E-state index contributed by atoms with van der Waals surface area (Å²) in [6.07, 6.45) is 11.3. The van der Waals surface area contributed by atoms with Gasteiger partial charge in [0, 0.05) is 56.7 Å². The summed E-state index contributed by atoms with van der Waals surface area (Å²) in [4.78, 5) is 0. The third-order valence-electron chi connectivity index (χ3n) is 11.1. The first-order valence-electron chi connectivity index (χ1n) is 16.3. The van der Waals surface area contributed by atoms with Crippen molar-refractivity contribution in [3.8, 4) is 0 Å². The first-order valence-corrected chi connectivity index (χ1v) is 18.4. The predicted octanol–water partition coefficient (Wildman–Crippen LogP) is 9.39. The molecule has 2 aliphatic carbocycles. The molecule has 2 aliphatic rings. The average Bonchev–Trinajstić information content (AvgIpc) is 3.83. The van der Waals surface area contributed by atoms with Crippen LogP contribution in [0.25, 0.3) is 43.6 Å². The largest absolute Gasteiger partial charge is 0.341 e. The zero-order valence-corrected chi connectivity index (χ0v) is 25.7. The SMILES string of the molecule is CCn1c2ccccc2c2ccc([Si](c3ccc4c5ccccc5n(CC)c4c3)(C3CCCC3)C3CCCC3)cc21. The summed E-state index contributed by atoms with van der Waals surface area (Å²) in [6, 6.07) is 33.7. The van der Waals surface area contributed by atoms with Crippen LogP contribution in [0.3, 0.4) is 0 Å². The van der Waals surface area contributed by atoms with Crippen LogP contribution in [0.4, 0.5) is 0 Å². The molecule has 0 saturated heterocycles. The molecule has 0 bridgehead atoms. The molecule has 8 rings (SSSR count). The van der Waals surface area contributed by atoms with E-state index in [9.17, 15) is 0 Å². The second-order valence-corrected chi connectivity index (χ2v) is 17.3. The van der Waals surface area contributed by atoms with Gasteiger partial charge < -0.3 is 9.13 Å². The molecule has 6 aromatic rings. The lowest BCUT2D eigenvalue weighted by Gasteiger charge is -2.43. The first-order chi connectivity index (χ1) is 20.3. The number of hydrogen-bond donors (Lipinski definition) is 0. The van der Waals surface area contributed by atoms with Crippen LogP contribution in [0.5, 0.6) is 0 Å². The lowest BCUT2D eigenvalue weighted by atomic mass is 10.1. The molecule has 4 aromatic carbocycles. The van der Waals surface area contributed by atoms with Crippen LogP contribution < -0.4 is 10.4 Å². The van der Waals surface area contributed by atoms with Crippen LogP contribution in [0.15, 0.2) is 84.9 Å². The number of para-hydroxylation sites is 2. The van der Waals surface area contributed by atoms with Crippen LogP contribution in [-0.2, 0) is 13.1 Å². The highest BCUT2D eigenvalue weighted by atomic mass is 28.3. The van der Waals surface area contributed by atoms with Crippen molar-refractivity contribution in [3.63, 3.8) is 0 Å². The summed E-state index contributed by atoms with van der Waals surface area (Å²) in [7, 11) is -2.11. The Morgan fingerprint density at radius 1 is 0.512 bits per heavy atom. The summed E-state index contributed by atoms with van der Waals surface area (Å²) < 4.78 is 5.16. The van der Waals surface area contributed by atoms with Crippen LogP contribution >= 0.6 is 0 Å². The fourth-order valence-electron chi connectivity index (χ4n) is 9.50. The van der Waals surface area contributed by atoms with E-state index in [0.29, 0.717) is 0 Å². The minimum Gasteiger partial charge on any atom is -0.341 e. The summed E-state index contributed by atoms with van der Waals surface area (Å²) in [5.41, 5.74) is 7.32. The Morgan fingerprint density at radius 2 is 0.902 bits per heavy atom. The molecule has 0 unspecified atom stereocenters. The van der Waals surface area contributed by atoms with Crippen LogP contribution in [0.1, 0.15) is 65.2 Å². The highest BCUT2D eigenvalue weighted by Crippen LogP contribution is 2.50. The van der Waals surface area contributed by atoms with Crippen molar-refractivity contribution in [3.05, 3.63) is 84.9 Å². The molecule has 0 amide bonds. The number of hydrogen-bond acceptors (Lipinski definition) is 0. The van der Waals surface area contributed by atoms with E-state index in [0.717, 1.165) is 24.2 Å². The molecular formula is C38H42N2Si. The van der Waals surface area contributed by atoms with Gasteiger partial charge in [-0.2, -0.15) is 0 Å². The molecule has 0 atom stereocenters. The fourth-order valence-corrected chi connectivity index (χ4v) is 16.5. The Labute approximate surface area is 245 Å². The zero-order valence-electron chi connectivity index (χ0n) is 24.7. The van der Waals surface area contributed by atoms with Crippen molar-refractivity contribution in [1.82, 2.24) is 9.13 Å². The van der Waals surface area contributed by atoms with E-state index < -0.39 is 8.07 Å². The van der Waals surface area contributed by atoms with E-state index in [2.05, 4.69) is 108 Å². The zero-order chi connectivity index (χ0) is 27.6. The number of rotatable bonds is 6. The van der Waals surface area contributed by atoms with Crippen LogP contribution in [-0.4, -0.2) is 17.2 Å². The number of aromatic nitrogens is 2. The quantitative estimate of drug-likeness (QED) is 0.182. The summed E-state index contributed by atoms with van der Waals surface area (Å²) in [6.45, 7) is 6.65. The Balaban J connectivity index is 1.45. The molecular weight excluding hydrogens is 513 g/mol. The molecule has 2 saturated carbocycles. The second kappa shape index (κ2) is 9.91. The predicted molar refractivity (Wildman–Crippen MR) is 180 cm³/mol. The maximum Gasteiger partial charge on any atom is 0.124 e. The van der Waals surface area contributed by atoms with Gasteiger partial charge in [-0.3, -0.25) is 0 Å². The smallest absolute Gasteiger partial charge is 0.124 e. The number of benzene rings is 4. The summed E-state index contributed by atoms with van der Waals surface area (Å²) in [5.74, 6) is 0. The van der Waals surface area contributed by atoms with Gasteiger partial charge in [0.2, 0.25) is 0 Å². The topological polar surface area (TPSA) is 9.86 Å². The number of fused-ring (bicyclic) bond motifs is 6. The standard InChI is InChI=1S/C38H42N2Si/c1-3-39-35-19-11-9-17-31(35)33-23-21-29(25-37(33)39)41(27-13-5-6-14-27,28-15-7-8-16-28)30-22-24-34-32-18-10-12-20-36(32)40(4-2)38(34)26-30/h9-12,17-28H,3-8,13-16H2,1-2H3. The van der Waals surface area contributed by atoms with Crippen molar-refractivity contribution >= 4 is 62.1 Å². The molecule has 0 aliphatic heterocycles. The van der Waals surface area contributed by atoms with Gasteiger partial charge in [-0.1, -0.05) is 122 Å².